The van der Waals surface area contributed by atoms with Crippen molar-refractivity contribution in [3.63, 3.8) is 0 Å². The molecule has 2 aromatic carbocycles. The maximum Gasteiger partial charge on any atom is 0.335 e. The van der Waals surface area contributed by atoms with Gasteiger partial charge in [0.25, 0.3) is 5.91 Å². The summed E-state index contributed by atoms with van der Waals surface area (Å²) in [5.74, 6) is -1.50. The number of benzene rings is 2. The van der Waals surface area contributed by atoms with Gasteiger partial charge in [-0.2, -0.15) is 0 Å². The minimum atomic E-state index is -1.05. The third kappa shape index (κ3) is 3.62. The van der Waals surface area contributed by atoms with Crippen LogP contribution in [0.1, 0.15) is 20.7 Å². The van der Waals surface area contributed by atoms with Crippen LogP contribution >= 0.6 is 31.9 Å². The van der Waals surface area contributed by atoms with Gasteiger partial charge < -0.3 is 15.5 Å². The monoisotopic (exact) mass is 413 g/mol. The van der Waals surface area contributed by atoms with Gasteiger partial charge in [0, 0.05) is 10.0 Å². The number of phenolic OH excluding ortho intramolecular Hbond substituents is 1. The number of anilines is 1. The first-order chi connectivity index (χ1) is 9.88. The van der Waals surface area contributed by atoms with E-state index in [9.17, 15) is 14.7 Å². The van der Waals surface area contributed by atoms with E-state index in [2.05, 4.69) is 37.2 Å². The van der Waals surface area contributed by atoms with Crippen LogP contribution < -0.4 is 5.32 Å². The molecule has 3 N–H and O–H groups in total. The summed E-state index contributed by atoms with van der Waals surface area (Å²) < 4.78 is 0.947. The molecule has 0 saturated carbocycles. The van der Waals surface area contributed by atoms with Gasteiger partial charge >= 0.3 is 5.97 Å². The molecule has 108 valence electrons. The first kappa shape index (κ1) is 15.5. The number of halogens is 2. The Bertz CT molecular complexity index is 731. The third-order valence-electron chi connectivity index (χ3n) is 2.67. The average molecular weight is 415 g/mol. The Hall–Kier alpha value is -1.86. The van der Waals surface area contributed by atoms with E-state index in [0.717, 1.165) is 0 Å². The lowest BCUT2D eigenvalue weighted by Crippen LogP contribution is -2.12. The van der Waals surface area contributed by atoms with Gasteiger partial charge in [-0.3, -0.25) is 4.79 Å². The molecule has 0 bridgehead atoms. The van der Waals surface area contributed by atoms with E-state index in [1.807, 2.05) is 0 Å². The van der Waals surface area contributed by atoms with Crippen LogP contribution in [-0.4, -0.2) is 22.1 Å². The lowest BCUT2D eigenvalue weighted by atomic mass is 10.1. The van der Waals surface area contributed by atoms with Crippen molar-refractivity contribution in [2.24, 2.45) is 0 Å². The molecule has 0 spiro atoms. The highest BCUT2D eigenvalue weighted by atomic mass is 79.9. The van der Waals surface area contributed by atoms with Crippen molar-refractivity contribution < 1.29 is 19.8 Å². The van der Waals surface area contributed by atoms with Crippen molar-refractivity contribution in [3.8, 4) is 5.75 Å². The van der Waals surface area contributed by atoms with Crippen LogP contribution in [0.2, 0.25) is 0 Å². The number of carbonyl (C=O) groups excluding carboxylic acids is 1. The summed E-state index contributed by atoms with van der Waals surface area (Å²) in [6, 6.07) is 8.73. The maximum absolute atomic E-state index is 12.1. The number of nitrogens with one attached hydrogen (secondary N) is 1. The molecule has 0 saturated heterocycles. The number of carboxylic acids is 1. The van der Waals surface area contributed by atoms with E-state index in [1.54, 1.807) is 12.1 Å². The lowest BCUT2D eigenvalue weighted by Gasteiger charge is -2.09. The molecule has 0 aliphatic carbocycles. The number of phenols is 1. The highest BCUT2D eigenvalue weighted by Gasteiger charge is 2.12. The molecule has 0 unspecified atom stereocenters. The number of carboxylic acid groups (broad SMARTS) is 1. The molecule has 0 aliphatic heterocycles. The highest BCUT2D eigenvalue weighted by molar-refractivity contribution is 9.11. The normalized spacial score (nSPS) is 10.2. The fraction of sp³-hybridized carbons (Fsp3) is 0. The van der Waals surface area contributed by atoms with Gasteiger partial charge in [0.1, 0.15) is 5.75 Å². The largest absolute Gasteiger partial charge is 0.507 e. The molecule has 0 radical (unpaired) electrons. The quantitative estimate of drug-likeness (QED) is 0.711. The predicted molar refractivity (Wildman–Crippen MR) is 84.9 cm³/mol. The molecule has 21 heavy (non-hydrogen) atoms. The van der Waals surface area contributed by atoms with Crippen LogP contribution in [0, 0.1) is 0 Å². The summed E-state index contributed by atoms with van der Waals surface area (Å²) >= 11 is 6.34. The van der Waals surface area contributed by atoms with Crippen molar-refractivity contribution in [2.45, 2.75) is 0 Å². The molecular formula is C14H9Br2NO4. The Balaban J connectivity index is 2.23. The summed E-state index contributed by atoms with van der Waals surface area (Å²) in [6.07, 6.45) is 0. The summed E-state index contributed by atoms with van der Waals surface area (Å²) in [7, 11) is 0. The number of hydrogen-bond acceptors (Lipinski definition) is 3. The zero-order valence-corrected chi connectivity index (χ0v) is 13.6. The fourth-order valence-corrected chi connectivity index (χ4v) is 2.32. The molecule has 2 rings (SSSR count). The van der Waals surface area contributed by atoms with Gasteiger partial charge in [-0.15, -0.1) is 0 Å². The average Bonchev–Trinajstić information content (AvgIpc) is 2.43. The van der Waals surface area contributed by atoms with Gasteiger partial charge in [0.15, 0.2) is 0 Å². The Morgan fingerprint density at radius 1 is 0.952 bits per heavy atom. The van der Waals surface area contributed by atoms with Crippen LogP contribution in [0.25, 0.3) is 0 Å². The minimum Gasteiger partial charge on any atom is -0.507 e. The Kier molecular flexibility index (Phi) is 4.64. The minimum absolute atomic E-state index is 0.0389. The molecule has 0 aliphatic rings. The number of amides is 1. The van der Waals surface area contributed by atoms with Crippen LogP contribution in [0.3, 0.4) is 0 Å². The molecule has 0 heterocycles. The van der Waals surface area contributed by atoms with Gasteiger partial charge in [0.2, 0.25) is 0 Å². The Morgan fingerprint density at radius 3 is 2.19 bits per heavy atom. The number of aromatic hydroxyl groups is 1. The van der Waals surface area contributed by atoms with Crippen molar-refractivity contribution in [1.82, 2.24) is 0 Å². The van der Waals surface area contributed by atoms with Gasteiger partial charge in [-0.1, -0.05) is 0 Å². The van der Waals surface area contributed by atoms with Crippen LogP contribution in [0.4, 0.5) is 5.69 Å². The molecule has 0 aromatic heterocycles. The van der Waals surface area contributed by atoms with Crippen LogP contribution in [0.5, 0.6) is 5.75 Å². The summed E-state index contributed by atoms with van der Waals surface area (Å²) in [6.45, 7) is 0. The van der Waals surface area contributed by atoms with Crippen LogP contribution in [0.15, 0.2) is 45.3 Å². The standard InChI is InChI=1S/C14H9Br2NO4/c15-9-3-1-7(6-12(9)18)13(19)17-11-4-2-8(14(20)21)5-10(11)16/h1-6,18H,(H,17,19)(H,20,21). The molecule has 2 aromatic rings. The van der Waals surface area contributed by atoms with Crippen molar-refractivity contribution >= 4 is 49.4 Å². The lowest BCUT2D eigenvalue weighted by molar-refractivity contribution is 0.0696. The number of aromatic carboxylic acids is 1. The van der Waals surface area contributed by atoms with E-state index < -0.39 is 11.9 Å². The van der Waals surface area contributed by atoms with E-state index in [4.69, 9.17) is 5.11 Å². The smallest absolute Gasteiger partial charge is 0.335 e. The zero-order valence-electron chi connectivity index (χ0n) is 10.4. The molecular weight excluding hydrogens is 406 g/mol. The number of hydrogen-bond donors (Lipinski definition) is 3. The first-order valence-electron chi connectivity index (χ1n) is 5.71. The first-order valence-corrected chi connectivity index (χ1v) is 7.30. The van der Waals surface area contributed by atoms with E-state index in [1.165, 1.54) is 24.3 Å². The molecule has 0 atom stereocenters. The predicted octanol–water partition coefficient (Wildman–Crippen LogP) is 3.87. The van der Waals surface area contributed by atoms with E-state index >= 15 is 0 Å². The second-order valence-corrected chi connectivity index (χ2v) is 5.83. The van der Waals surface area contributed by atoms with Crippen molar-refractivity contribution in [2.75, 3.05) is 5.32 Å². The molecule has 0 fully saturated rings. The topological polar surface area (TPSA) is 86.6 Å². The Labute approximate surface area is 136 Å². The highest BCUT2D eigenvalue weighted by Crippen LogP contribution is 2.27. The number of carbonyl (C=O) groups is 2. The summed E-state index contributed by atoms with van der Waals surface area (Å²) in [5, 5.41) is 21.1. The van der Waals surface area contributed by atoms with Gasteiger partial charge in [-0.05, 0) is 68.3 Å². The van der Waals surface area contributed by atoms with Gasteiger partial charge in [0.05, 0.1) is 15.7 Å². The van der Waals surface area contributed by atoms with Crippen molar-refractivity contribution in [3.05, 3.63) is 56.5 Å². The maximum atomic E-state index is 12.1. The van der Waals surface area contributed by atoms with Crippen LogP contribution in [-0.2, 0) is 0 Å². The SMILES string of the molecule is O=C(O)c1ccc(NC(=O)c2ccc(Br)c(O)c2)c(Br)c1. The molecule has 1 amide bonds. The van der Waals surface area contributed by atoms with Crippen molar-refractivity contribution in [1.29, 1.82) is 0 Å². The summed E-state index contributed by atoms with van der Waals surface area (Å²) in [5.41, 5.74) is 0.832. The van der Waals surface area contributed by atoms with Gasteiger partial charge in [-0.25, -0.2) is 4.79 Å². The second kappa shape index (κ2) is 6.28. The fourth-order valence-electron chi connectivity index (χ4n) is 1.60. The second-order valence-electron chi connectivity index (χ2n) is 4.12. The zero-order chi connectivity index (χ0) is 15.6. The van der Waals surface area contributed by atoms with E-state index in [-0.39, 0.29) is 16.9 Å². The Morgan fingerprint density at radius 2 is 1.62 bits per heavy atom. The molecule has 5 nitrogen and oxygen atoms in total. The third-order valence-corrected chi connectivity index (χ3v) is 4.00. The summed E-state index contributed by atoms with van der Waals surface area (Å²) in [4.78, 5) is 22.9. The van der Waals surface area contributed by atoms with E-state index in [0.29, 0.717) is 14.6 Å². The molecule has 7 heteroatoms. The number of rotatable bonds is 3.